The minimum Gasteiger partial charge on any atom is -0.870 e. The molecule has 0 spiro atoms. The van der Waals surface area contributed by atoms with Crippen molar-refractivity contribution in [2.75, 3.05) is 20.6 Å². The first-order valence-corrected chi connectivity index (χ1v) is 6.43. The smallest absolute Gasteiger partial charge is 0.277 e. The van der Waals surface area contributed by atoms with Crippen LogP contribution in [0.4, 0.5) is 0 Å². The number of aliphatic hydroxyl groups is 1. The van der Waals surface area contributed by atoms with Crippen molar-refractivity contribution >= 4 is 0 Å². The predicted octanol–water partition coefficient (Wildman–Crippen LogP) is -1.38. The molecule has 11 heteroatoms. The van der Waals surface area contributed by atoms with Gasteiger partial charge in [0.2, 0.25) is 5.82 Å². The van der Waals surface area contributed by atoms with Crippen molar-refractivity contribution in [3.05, 3.63) is 24.3 Å². The number of aromatic amines is 1. The maximum absolute atomic E-state index is 10.6. The van der Waals surface area contributed by atoms with Crippen molar-refractivity contribution in [3.63, 3.8) is 0 Å². The highest BCUT2D eigenvalue weighted by atomic mass is 16.3. The van der Waals surface area contributed by atoms with Crippen LogP contribution in [-0.4, -0.2) is 77.8 Å². The Morgan fingerprint density at radius 2 is 2.18 bits per heavy atom. The van der Waals surface area contributed by atoms with Gasteiger partial charge >= 0.3 is 0 Å². The Balaban J connectivity index is 0.00000176. The second-order valence-corrected chi connectivity index (χ2v) is 5.50. The molecule has 0 fully saturated rings. The topological polar surface area (TPSA) is 148 Å². The Bertz CT molecular complexity index is 676. The fraction of sp³-hybridized carbons (Fsp3) is 0.455. The van der Waals surface area contributed by atoms with Gasteiger partial charge in [-0.25, -0.2) is 0 Å². The molecule has 0 saturated heterocycles. The lowest BCUT2D eigenvalue weighted by atomic mass is 9.95. The van der Waals surface area contributed by atoms with Gasteiger partial charge in [-0.3, -0.25) is 0 Å². The molecule has 1 atom stereocenters. The number of hydrogen-bond donors (Lipinski definition) is 2. The van der Waals surface area contributed by atoms with Gasteiger partial charge in [-0.2, -0.15) is 9.81 Å². The number of quaternary nitrogens is 1. The molecule has 2 heterocycles. The minimum atomic E-state index is -0.946. The Morgan fingerprint density at radius 1 is 1.36 bits per heavy atom. The van der Waals surface area contributed by atoms with Gasteiger partial charge in [0.25, 0.3) is 5.82 Å². The molecule has 1 aliphatic rings. The van der Waals surface area contributed by atoms with Crippen molar-refractivity contribution in [2.24, 2.45) is 0 Å². The van der Waals surface area contributed by atoms with Crippen molar-refractivity contribution in [3.8, 4) is 11.6 Å². The Hall–Kier alpha value is -2.50. The SMILES string of the molecule is C[N+](C)(CC1(O)C=CC=CC1)n1nnnc1-c1nn[nH]n1.[OH-]. The highest BCUT2D eigenvalue weighted by Gasteiger charge is 2.37. The van der Waals surface area contributed by atoms with E-state index in [0.29, 0.717) is 24.6 Å². The van der Waals surface area contributed by atoms with E-state index in [1.54, 1.807) is 10.9 Å². The lowest BCUT2D eigenvalue weighted by Gasteiger charge is -2.35. The van der Waals surface area contributed by atoms with Crippen LogP contribution in [-0.2, 0) is 0 Å². The highest BCUT2D eigenvalue weighted by Crippen LogP contribution is 2.21. The molecular weight excluding hydrogens is 290 g/mol. The number of H-pyrrole nitrogens is 1. The van der Waals surface area contributed by atoms with Gasteiger partial charge < -0.3 is 10.6 Å². The number of nitrogens with zero attached hydrogens (tertiary/aromatic N) is 8. The molecule has 0 amide bonds. The normalized spacial score (nSPS) is 20.9. The summed E-state index contributed by atoms with van der Waals surface area (Å²) < 4.78 is 0.214. The highest BCUT2D eigenvalue weighted by molar-refractivity contribution is 5.39. The zero-order valence-electron chi connectivity index (χ0n) is 12.2. The van der Waals surface area contributed by atoms with E-state index >= 15 is 0 Å². The maximum Gasteiger partial charge on any atom is 0.277 e. The lowest BCUT2D eigenvalue weighted by molar-refractivity contribution is 0.0236. The predicted molar refractivity (Wildman–Crippen MR) is 75.0 cm³/mol. The van der Waals surface area contributed by atoms with E-state index in [0.717, 1.165) is 0 Å². The average Bonchev–Trinajstić information content (AvgIpc) is 3.09. The summed E-state index contributed by atoms with van der Waals surface area (Å²) in [5.74, 6) is 0.685. The molecule has 0 aromatic carbocycles. The molecule has 11 nitrogen and oxygen atoms in total. The molecule has 0 aliphatic heterocycles. The van der Waals surface area contributed by atoms with Crippen molar-refractivity contribution in [1.82, 2.24) is 45.5 Å². The van der Waals surface area contributed by atoms with Gasteiger partial charge in [0.15, 0.2) is 0 Å². The van der Waals surface area contributed by atoms with Gasteiger partial charge in [0.05, 0.1) is 14.1 Å². The number of allylic oxidation sites excluding steroid dienone is 2. The first-order chi connectivity index (χ1) is 10.0. The molecular formula is C11H17N9O2. The molecule has 2 aromatic heterocycles. The largest absolute Gasteiger partial charge is 0.870 e. The van der Waals surface area contributed by atoms with Crippen molar-refractivity contribution in [1.29, 1.82) is 0 Å². The van der Waals surface area contributed by atoms with E-state index in [1.165, 1.54) is 0 Å². The van der Waals surface area contributed by atoms with Crippen LogP contribution in [0, 0.1) is 0 Å². The van der Waals surface area contributed by atoms with Gasteiger partial charge in [-0.05, 0) is 16.5 Å². The van der Waals surface area contributed by atoms with Gasteiger partial charge in [0.1, 0.15) is 12.1 Å². The first-order valence-electron chi connectivity index (χ1n) is 6.43. The van der Waals surface area contributed by atoms with Crippen LogP contribution in [0.1, 0.15) is 6.42 Å². The third-order valence-corrected chi connectivity index (χ3v) is 3.30. The number of likely N-dealkylation sites (N-methyl/N-ethyl adjacent to an activating group) is 1. The molecule has 0 saturated carbocycles. The summed E-state index contributed by atoms with van der Waals surface area (Å²) in [6, 6.07) is 0. The van der Waals surface area contributed by atoms with E-state index in [4.69, 9.17) is 0 Å². The number of nitrogens with one attached hydrogen (secondary N) is 1. The minimum absolute atomic E-state index is 0. The van der Waals surface area contributed by atoms with Crippen LogP contribution in [0.2, 0.25) is 0 Å². The average molecular weight is 307 g/mol. The molecule has 22 heavy (non-hydrogen) atoms. The molecule has 3 N–H and O–H groups in total. The number of hydrogen-bond acceptors (Lipinski definition) is 8. The third-order valence-electron chi connectivity index (χ3n) is 3.30. The zero-order chi connectivity index (χ0) is 14.9. The quantitative estimate of drug-likeness (QED) is 0.656. The summed E-state index contributed by atoms with van der Waals surface area (Å²) in [5, 5.41) is 35.9. The molecule has 1 aliphatic carbocycles. The van der Waals surface area contributed by atoms with Crippen molar-refractivity contribution < 1.29 is 10.6 Å². The summed E-state index contributed by atoms with van der Waals surface area (Å²) in [5.41, 5.74) is -0.946. The molecule has 1 unspecified atom stereocenters. The van der Waals surface area contributed by atoms with Crippen LogP contribution < -0.4 is 4.59 Å². The van der Waals surface area contributed by atoms with Crippen LogP contribution >= 0.6 is 0 Å². The first kappa shape index (κ1) is 15.9. The van der Waals surface area contributed by atoms with Crippen LogP contribution in [0.3, 0.4) is 0 Å². The summed E-state index contributed by atoms with van der Waals surface area (Å²) in [6.07, 6.45) is 8.01. The Kier molecular flexibility index (Phi) is 4.12. The summed E-state index contributed by atoms with van der Waals surface area (Å²) in [7, 11) is 3.79. The summed E-state index contributed by atoms with van der Waals surface area (Å²) in [4.78, 5) is 1.55. The maximum atomic E-state index is 10.6. The fourth-order valence-electron chi connectivity index (χ4n) is 2.45. The molecule has 0 bridgehead atoms. The van der Waals surface area contributed by atoms with E-state index in [-0.39, 0.29) is 10.1 Å². The number of rotatable bonds is 4. The summed E-state index contributed by atoms with van der Waals surface area (Å²) in [6.45, 7) is 0.393. The Labute approximate surface area is 125 Å². The van der Waals surface area contributed by atoms with Crippen LogP contribution in [0.5, 0.6) is 0 Å². The molecule has 118 valence electrons. The lowest BCUT2D eigenvalue weighted by Crippen LogP contribution is -2.59. The number of aromatic nitrogens is 8. The van der Waals surface area contributed by atoms with E-state index in [1.807, 2.05) is 32.3 Å². The molecule has 3 rings (SSSR count). The van der Waals surface area contributed by atoms with Gasteiger partial charge in [-0.15, -0.1) is 10.2 Å². The Morgan fingerprint density at radius 3 is 2.82 bits per heavy atom. The summed E-state index contributed by atoms with van der Waals surface area (Å²) >= 11 is 0. The third kappa shape index (κ3) is 2.90. The second kappa shape index (κ2) is 5.71. The van der Waals surface area contributed by atoms with E-state index in [9.17, 15) is 5.11 Å². The van der Waals surface area contributed by atoms with Crippen LogP contribution in [0.25, 0.3) is 11.6 Å². The van der Waals surface area contributed by atoms with Gasteiger partial charge in [-0.1, -0.05) is 28.1 Å². The fourth-order valence-corrected chi connectivity index (χ4v) is 2.45. The second-order valence-electron chi connectivity index (χ2n) is 5.50. The van der Waals surface area contributed by atoms with E-state index in [2.05, 4.69) is 36.1 Å². The van der Waals surface area contributed by atoms with Crippen LogP contribution in [0.15, 0.2) is 24.3 Å². The monoisotopic (exact) mass is 307 g/mol. The van der Waals surface area contributed by atoms with Gasteiger partial charge in [0, 0.05) is 11.6 Å². The van der Waals surface area contributed by atoms with E-state index < -0.39 is 5.60 Å². The molecule has 0 radical (unpaired) electrons. The molecule has 2 aromatic rings. The zero-order valence-corrected chi connectivity index (χ0v) is 12.2. The number of tetrazole rings is 2. The van der Waals surface area contributed by atoms with Crippen molar-refractivity contribution in [2.45, 2.75) is 12.0 Å². The standard InChI is InChI=1S/C11H16N9O.H2O/c1-20(2,8-11(21)6-4-3-5-7-11)19-10(14-17-18-19)9-12-15-16-13-9;/h3-6,21H,7-8H2,1-2H3,(H,12,13,15,16);1H2/q+1;/p-1.